The van der Waals surface area contributed by atoms with Crippen LogP contribution >= 0.6 is 0 Å². The topological polar surface area (TPSA) is 85.1 Å². The van der Waals surface area contributed by atoms with Crippen LogP contribution in [0.2, 0.25) is 0 Å². The van der Waals surface area contributed by atoms with Crippen molar-refractivity contribution in [2.24, 2.45) is 0 Å². The first-order valence-corrected chi connectivity index (χ1v) is 10.4. The third kappa shape index (κ3) is 4.37. The molecule has 1 saturated heterocycles. The highest BCUT2D eigenvalue weighted by molar-refractivity contribution is 5.89. The summed E-state index contributed by atoms with van der Waals surface area (Å²) in [6, 6.07) is 15.9. The molecule has 0 saturated carbocycles. The Labute approximate surface area is 185 Å². The summed E-state index contributed by atoms with van der Waals surface area (Å²) in [5, 5.41) is 12.5. The summed E-state index contributed by atoms with van der Waals surface area (Å²) in [6.07, 6.45) is 1.56. The molecule has 4 rings (SSSR count). The van der Waals surface area contributed by atoms with E-state index in [1.54, 1.807) is 18.2 Å². The first-order valence-electron chi connectivity index (χ1n) is 10.4. The number of piperazine rings is 1. The van der Waals surface area contributed by atoms with Crippen LogP contribution in [0, 0.1) is 17.1 Å². The van der Waals surface area contributed by atoms with E-state index in [9.17, 15) is 14.4 Å². The zero-order valence-corrected chi connectivity index (χ0v) is 17.5. The van der Waals surface area contributed by atoms with Gasteiger partial charge in [0.25, 0.3) is 0 Å². The molecule has 0 aliphatic carbocycles. The van der Waals surface area contributed by atoms with E-state index in [1.165, 1.54) is 12.1 Å². The molecule has 1 N–H and O–H groups in total. The minimum Gasteiger partial charge on any atom is -0.368 e. The average molecular weight is 430 g/mol. The second kappa shape index (κ2) is 9.43. The van der Waals surface area contributed by atoms with E-state index in [4.69, 9.17) is 4.98 Å². The third-order valence-corrected chi connectivity index (χ3v) is 5.43. The fraction of sp³-hybridized carbons (Fsp3) is 0.250. The molecule has 32 heavy (non-hydrogen) atoms. The number of amides is 1. The highest BCUT2D eigenvalue weighted by atomic mass is 19.1. The SMILES string of the molecule is C=CCNC(=O)C(C#N)c1nc2ccccc2nc1N1CCN(c2ccc(F)cc2)CC1. The molecule has 3 aromatic rings. The molecular formula is C24H23FN6O. The van der Waals surface area contributed by atoms with Crippen molar-refractivity contribution in [1.82, 2.24) is 15.3 Å². The van der Waals surface area contributed by atoms with Gasteiger partial charge in [0.2, 0.25) is 5.91 Å². The number of hydrogen-bond acceptors (Lipinski definition) is 6. The molecule has 1 atom stereocenters. The van der Waals surface area contributed by atoms with Gasteiger partial charge >= 0.3 is 0 Å². The number of benzene rings is 2. The van der Waals surface area contributed by atoms with E-state index >= 15 is 0 Å². The van der Waals surface area contributed by atoms with Gasteiger partial charge in [0.1, 0.15) is 11.5 Å². The van der Waals surface area contributed by atoms with Gasteiger partial charge in [0, 0.05) is 38.4 Å². The molecule has 1 unspecified atom stereocenters. The number of nitriles is 1. The number of carbonyl (C=O) groups excluding carboxylic acids is 1. The van der Waals surface area contributed by atoms with Gasteiger partial charge in [-0.1, -0.05) is 18.2 Å². The Balaban J connectivity index is 1.64. The van der Waals surface area contributed by atoms with Gasteiger partial charge in [-0.05, 0) is 36.4 Å². The van der Waals surface area contributed by atoms with Gasteiger partial charge in [-0.25, -0.2) is 14.4 Å². The number of anilines is 2. The Morgan fingerprint density at radius 1 is 1.09 bits per heavy atom. The summed E-state index contributed by atoms with van der Waals surface area (Å²) in [4.78, 5) is 26.3. The molecular weight excluding hydrogens is 407 g/mol. The predicted octanol–water partition coefficient (Wildman–Crippen LogP) is 3.00. The van der Waals surface area contributed by atoms with Crippen molar-refractivity contribution < 1.29 is 9.18 Å². The summed E-state index contributed by atoms with van der Waals surface area (Å²) in [5.41, 5.74) is 2.64. The van der Waals surface area contributed by atoms with Crippen LogP contribution in [0.1, 0.15) is 11.6 Å². The number of fused-ring (bicyclic) bond motifs is 1. The number of carbonyl (C=O) groups is 1. The van der Waals surface area contributed by atoms with E-state index in [1.807, 2.05) is 24.3 Å². The van der Waals surface area contributed by atoms with Gasteiger partial charge in [-0.3, -0.25) is 4.79 Å². The molecule has 7 nitrogen and oxygen atoms in total. The fourth-order valence-corrected chi connectivity index (χ4v) is 3.78. The van der Waals surface area contributed by atoms with Crippen LogP contribution in [0.4, 0.5) is 15.9 Å². The van der Waals surface area contributed by atoms with Crippen molar-refractivity contribution in [1.29, 1.82) is 5.26 Å². The van der Waals surface area contributed by atoms with Crippen molar-refractivity contribution in [3.63, 3.8) is 0 Å². The van der Waals surface area contributed by atoms with Crippen LogP contribution < -0.4 is 15.1 Å². The number of para-hydroxylation sites is 2. The average Bonchev–Trinajstić information content (AvgIpc) is 2.83. The molecule has 8 heteroatoms. The number of hydrogen-bond donors (Lipinski definition) is 1. The first-order chi connectivity index (χ1) is 15.6. The van der Waals surface area contributed by atoms with Gasteiger partial charge < -0.3 is 15.1 Å². The normalized spacial score (nSPS) is 14.6. The second-order valence-corrected chi connectivity index (χ2v) is 7.47. The lowest BCUT2D eigenvalue weighted by atomic mass is 10.0. The summed E-state index contributed by atoms with van der Waals surface area (Å²) >= 11 is 0. The highest BCUT2D eigenvalue weighted by Crippen LogP contribution is 2.29. The molecule has 1 aromatic heterocycles. The molecule has 1 fully saturated rings. The third-order valence-electron chi connectivity index (χ3n) is 5.43. The number of rotatable bonds is 6. The molecule has 0 bridgehead atoms. The molecule has 2 heterocycles. The van der Waals surface area contributed by atoms with Crippen LogP contribution in [-0.2, 0) is 4.79 Å². The number of nitrogens with zero attached hydrogens (tertiary/aromatic N) is 5. The minimum absolute atomic E-state index is 0.263. The summed E-state index contributed by atoms with van der Waals surface area (Å²) in [5.74, 6) is -1.23. The molecule has 1 aliphatic heterocycles. The number of aromatic nitrogens is 2. The van der Waals surface area contributed by atoms with Gasteiger partial charge in [-0.2, -0.15) is 5.26 Å². The monoisotopic (exact) mass is 430 g/mol. The number of halogens is 1. The molecule has 1 aliphatic rings. The lowest BCUT2D eigenvalue weighted by Crippen LogP contribution is -2.47. The molecule has 162 valence electrons. The molecule has 0 radical (unpaired) electrons. The summed E-state index contributed by atoms with van der Waals surface area (Å²) in [6.45, 7) is 6.51. The van der Waals surface area contributed by atoms with E-state index in [0.717, 1.165) is 5.69 Å². The second-order valence-electron chi connectivity index (χ2n) is 7.47. The Hall–Kier alpha value is -3.99. The van der Waals surface area contributed by atoms with Crippen molar-refractivity contribution in [2.45, 2.75) is 5.92 Å². The predicted molar refractivity (Wildman–Crippen MR) is 122 cm³/mol. The Kier molecular flexibility index (Phi) is 6.26. The maximum absolute atomic E-state index is 13.3. The van der Waals surface area contributed by atoms with Crippen molar-refractivity contribution in [3.8, 4) is 6.07 Å². The molecule has 1 amide bonds. The van der Waals surface area contributed by atoms with Crippen LogP contribution in [0.25, 0.3) is 11.0 Å². The quantitative estimate of drug-likeness (QED) is 0.605. The van der Waals surface area contributed by atoms with Crippen LogP contribution in [0.5, 0.6) is 0 Å². The fourth-order valence-electron chi connectivity index (χ4n) is 3.78. The van der Waals surface area contributed by atoms with Crippen molar-refractivity contribution in [3.05, 3.63) is 72.7 Å². The smallest absolute Gasteiger partial charge is 0.243 e. The number of nitrogens with one attached hydrogen (secondary N) is 1. The van der Waals surface area contributed by atoms with E-state index in [2.05, 4.69) is 32.7 Å². The lowest BCUT2D eigenvalue weighted by Gasteiger charge is -2.37. The van der Waals surface area contributed by atoms with E-state index in [0.29, 0.717) is 48.7 Å². The highest BCUT2D eigenvalue weighted by Gasteiger charge is 2.30. The summed E-state index contributed by atoms with van der Waals surface area (Å²) < 4.78 is 13.3. The van der Waals surface area contributed by atoms with Gasteiger partial charge in [0.15, 0.2) is 11.7 Å². The molecule has 0 spiro atoms. The standard InChI is InChI=1S/C24H23FN6O/c1-2-11-27-24(32)19(16-26)22-23(29-21-6-4-3-5-20(21)28-22)31-14-12-30(13-15-31)18-9-7-17(25)8-10-18/h2-10,19H,1,11-15H2,(H,27,32). The Morgan fingerprint density at radius 3 is 2.34 bits per heavy atom. The zero-order valence-electron chi connectivity index (χ0n) is 17.5. The van der Waals surface area contributed by atoms with E-state index < -0.39 is 11.8 Å². The molecule has 2 aromatic carbocycles. The Morgan fingerprint density at radius 2 is 1.72 bits per heavy atom. The van der Waals surface area contributed by atoms with Gasteiger partial charge in [-0.15, -0.1) is 6.58 Å². The summed E-state index contributed by atoms with van der Waals surface area (Å²) in [7, 11) is 0. The van der Waals surface area contributed by atoms with Crippen LogP contribution in [0.3, 0.4) is 0 Å². The van der Waals surface area contributed by atoms with E-state index in [-0.39, 0.29) is 12.4 Å². The maximum atomic E-state index is 13.3. The van der Waals surface area contributed by atoms with Crippen molar-refractivity contribution >= 4 is 28.4 Å². The largest absolute Gasteiger partial charge is 0.368 e. The Bertz CT molecular complexity index is 1170. The zero-order chi connectivity index (χ0) is 22.5. The van der Waals surface area contributed by atoms with Crippen LogP contribution in [-0.4, -0.2) is 48.6 Å². The first kappa shape index (κ1) is 21.2. The van der Waals surface area contributed by atoms with Gasteiger partial charge in [0.05, 0.1) is 17.1 Å². The van der Waals surface area contributed by atoms with Crippen molar-refractivity contribution in [2.75, 3.05) is 42.5 Å². The lowest BCUT2D eigenvalue weighted by molar-refractivity contribution is -0.121. The minimum atomic E-state index is -1.09. The van der Waals surface area contributed by atoms with Crippen LogP contribution in [0.15, 0.2) is 61.2 Å². The maximum Gasteiger partial charge on any atom is 0.243 e.